The maximum atomic E-state index is 6.00. The summed E-state index contributed by atoms with van der Waals surface area (Å²) in [5.74, 6) is 0.885. The Morgan fingerprint density at radius 2 is 1.75 bits per heavy atom. The minimum Gasteiger partial charge on any atom is -0.492 e. The number of rotatable bonds is 7. The second-order valence-electron chi connectivity index (χ2n) is 5.74. The smallest absolute Gasteiger partial charge is 0.124 e. The van der Waals surface area contributed by atoms with Gasteiger partial charge in [0.25, 0.3) is 0 Å². The molecule has 1 aromatic rings. The molecule has 0 heterocycles. The molecule has 0 aliphatic carbocycles. The Balaban J connectivity index is 2.66. The maximum Gasteiger partial charge on any atom is 0.124 e. The number of hydrogen-bond donors (Lipinski definition) is 1. The van der Waals surface area contributed by atoms with Gasteiger partial charge in [-0.25, -0.2) is 0 Å². The lowest BCUT2D eigenvalue weighted by atomic mass is 10.1. The van der Waals surface area contributed by atoms with Crippen LogP contribution < -0.4 is 10.5 Å². The van der Waals surface area contributed by atoms with Crippen LogP contribution in [0.4, 0.5) is 0 Å². The molecule has 1 atom stereocenters. The Hall–Kier alpha value is -0.580. The molecule has 0 saturated heterocycles. The van der Waals surface area contributed by atoms with Gasteiger partial charge in [-0.1, -0.05) is 15.9 Å². The molecule has 3 nitrogen and oxygen atoms in total. The van der Waals surface area contributed by atoms with E-state index in [1.807, 2.05) is 25.1 Å². The highest BCUT2D eigenvalue weighted by atomic mass is 79.9. The Labute approximate surface area is 131 Å². The molecule has 0 aliphatic heterocycles. The molecule has 0 fully saturated rings. The van der Waals surface area contributed by atoms with Gasteiger partial charge in [-0.15, -0.1) is 0 Å². The van der Waals surface area contributed by atoms with Gasteiger partial charge in [0.05, 0.1) is 0 Å². The zero-order valence-electron chi connectivity index (χ0n) is 13.2. The monoisotopic (exact) mass is 342 g/mol. The van der Waals surface area contributed by atoms with Crippen LogP contribution in [0.5, 0.6) is 5.75 Å². The van der Waals surface area contributed by atoms with E-state index < -0.39 is 0 Å². The van der Waals surface area contributed by atoms with Gasteiger partial charge in [0.15, 0.2) is 0 Å². The highest BCUT2D eigenvalue weighted by Crippen LogP contribution is 2.27. The van der Waals surface area contributed by atoms with Gasteiger partial charge in [0.2, 0.25) is 0 Å². The van der Waals surface area contributed by atoms with Crippen molar-refractivity contribution in [1.29, 1.82) is 0 Å². The third kappa shape index (κ3) is 5.08. The number of nitrogens with zero attached hydrogens (tertiary/aromatic N) is 1. The molecule has 0 saturated carbocycles. The molecule has 1 unspecified atom stereocenters. The maximum absolute atomic E-state index is 6.00. The van der Waals surface area contributed by atoms with Crippen LogP contribution in [-0.2, 0) is 0 Å². The first-order valence-corrected chi connectivity index (χ1v) is 8.05. The quantitative estimate of drug-likeness (QED) is 0.814. The number of nitrogens with two attached hydrogens (primary N) is 1. The first kappa shape index (κ1) is 17.5. The second-order valence-corrected chi connectivity index (χ2v) is 6.66. The summed E-state index contributed by atoms with van der Waals surface area (Å²) in [6.45, 7) is 12.4. The summed E-state index contributed by atoms with van der Waals surface area (Å²) >= 11 is 3.47. The molecular weight excluding hydrogens is 316 g/mol. The van der Waals surface area contributed by atoms with Crippen molar-refractivity contribution in [3.8, 4) is 5.75 Å². The summed E-state index contributed by atoms with van der Waals surface area (Å²) < 4.78 is 6.97. The molecule has 20 heavy (non-hydrogen) atoms. The van der Waals surface area contributed by atoms with Crippen LogP contribution in [0.1, 0.15) is 46.2 Å². The topological polar surface area (TPSA) is 38.5 Å². The van der Waals surface area contributed by atoms with Gasteiger partial charge in [-0.2, -0.15) is 0 Å². The van der Waals surface area contributed by atoms with Crippen LogP contribution in [0.2, 0.25) is 0 Å². The summed E-state index contributed by atoms with van der Waals surface area (Å²) in [6, 6.07) is 7.02. The summed E-state index contributed by atoms with van der Waals surface area (Å²) in [4.78, 5) is 2.42. The minimum atomic E-state index is -0.0335. The minimum absolute atomic E-state index is 0.0335. The predicted molar refractivity (Wildman–Crippen MR) is 89.2 cm³/mol. The fourth-order valence-corrected chi connectivity index (χ4v) is 2.76. The number of hydrogen-bond acceptors (Lipinski definition) is 3. The van der Waals surface area contributed by atoms with Crippen LogP contribution in [-0.4, -0.2) is 30.1 Å². The van der Waals surface area contributed by atoms with Gasteiger partial charge in [-0.05, 0) is 52.8 Å². The molecule has 2 N–H and O–H groups in total. The molecule has 4 heteroatoms. The Kier molecular flexibility index (Phi) is 7.00. The van der Waals surface area contributed by atoms with Crippen molar-refractivity contribution in [3.05, 3.63) is 28.2 Å². The van der Waals surface area contributed by atoms with E-state index in [2.05, 4.69) is 48.5 Å². The molecule has 0 amide bonds. The first-order valence-electron chi connectivity index (χ1n) is 7.26. The van der Waals surface area contributed by atoms with Crippen molar-refractivity contribution in [1.82, 2.24) is 4.90 Å². The van der Waals surface area contributed by atoms with Gasteiger partial charge in [-0.3, -0.25) is 4.90 Å². The molecule has 0 radical (unpaired) electrons. The van der Waals surface area contributed by atoms with Crippen LogP contribution in [0.25, 0.3) is 0 Å². The van der Waals surface area contributed by atoms with Crippen molar-refractivity contribution in [2.75, 3.05) is 13.2 Å². The number of halogens is 1. The Morgan fingerprint density at radius 1 is 1.15 bits per heavy atom. The summed E-state index contributed by atoms with van der Waals surface area (Å²) in [6.07, 6.45) is 0. The summed E-state index contributed by atoms with van der Waals surface area (Å²) in [5.41, 5.74) is 7.04. The Morgan fingerprint density at radius 3 is 2.25 bits per heavy atom. The van der Waals surface area contributed by atoms with E-state index in [9.17, 15) is 0 Å². The van der Waals surface area contributed by atoms with E-state index in [0.717, 1.165) is 22.3 Å². The van der Waals surface area contributed by atoms with E-state index in [-0.39, 0.29) is 6.04 Å². The SMILES string of the molecule is CC(N)c1cc(Br)ccc1OCCN(C(C)C)C(C)C. The van der Waals surface area contributed by atoms with Crippen molar-refractivity contribution in [2.24, 2.45) is 5.73 Å². The summed E-state index contributed by atoms with van der Waals surface area (Å²) in [7, 11) is 0. The van der Waals surface area contributed by atoms with Gasteiger partial charge < -0.3 is 10.5 Å². The fourth-order valence-electron chi connectivity index (χ4n) is 2.38. The molecule has 0 aliphatic rings. The van der Waals surface area contributed by atoms with Gasteiger partial charge in [0.1, 0.15) is 12.4 Å². The fraction of sp³-hybridized carbons (Fsp3) is 0.625. The zero-order chi connectivity index (χ0) is 15.3. The second kappa shape index (κ2) is 8.01. The summed E-state index contributed by atoms with van der Waals surface area (Å²) in [5, 5.41) is 0. The predicted octanol–water partition coefficient (Wildman–Crippen LogP) is 3.97. The van der Waals surface area contributed by atoms with E-state index >= 15 is 0 Å². The van der Waals surface area contributed by atoms with E-state index in [1.54, 1.807) is 0 Å². The van der Waals surface area contributed by atoms with Crippen LogP contribution in [0.3, 0.4) is 0 Å². The highest BCUT2D eigenvalue weighted by Gasteiger charge is 2.14. The number of ether oxygens (including phenoxy) is 1. The molecule has 1 aromatic carbocycles. The van der Waals surface area contributed by atoms with Crippen LogP contribution in [0, 0.1) is 0 Å². The van der Waals surface area contributed by atoms with Crippen molar-refractivity contribution in [2.45, 2.75) is 52.7 Å². The first-order chi connectivity index (χ1) is 9.32. The van der Waals surface area contributed by atoms with E-state index in [1.165, 1.54) is 0 Å². The highest BCUT2D eigenvalue weighted by molar-refractivity contribution is 9.10. The molecule has 0 bridgehead atoms. The third-order valence-electron chi connectivity index (χ3n) is 3.40. The molecular formula is C16H27BrN2O. The average Bonchev–Trinajstić information content (AvgIpc) is 2.34. The molecule has 1 rings (SSSR count). The normalized spacial score (nSPS) is 13.3. The van der Waals surface area contributed by atoms with Crippen LogP contribution in [0.15, 0.2) is 22.7 Å². The van der Waals surface area contributed by atoms with Crippen molar-refractivity contribution < 1.29 is 4.74 Å². The van der Waals surface area contributed by atoms with E-state index in [4.69, 9.17) is 10.5 Å². The largest absolute Gasteiger partial charge is 0.492 e. The van der Waals surface area contributed by atoms with Gasteiger partial charge >= 0.3 is 0 Å². The third-order valence-corrected chi connectivity index (χ3v) is 3.89. The lowest BCUT2D eigenvalue weighted by Gasteiger charge is -2.30. The zero-order valence-corrected chi connectivity index (χ0v) is 14.8. The standard InChI is InChI=1S/C16H27BrN2O/c1-11(2)19(12(3)4)8-9-20-16-7-6-14(17)10-15(16)13(5)18/h6-7,10-13H,8-9,18H2,1-5H3. The molecule has 0 aromatic heterocycles. The average molecular weight is 343 g/mol. The van der Waals surface area contributed by atoms with Crippen LogP contribution >= 0.6 is 15.9 Å². The lowest BCUT2D eigenvalue weighted by Crippen LogP contribution is -2.39. The Bertz CT molecular complexity index is 411. The molecule has 114 valence electrons. The number of benzene rings is 1. The van der Waals surface area contributed by atoms with Gasteiger partial charge in [0, 0.05) is 34.7 Å². The van der Waals surface area contributed by atoms with Crippen molar-refractivity contribution in [3.63, 3.8) is 0 Å². The lowest BCUT2D eigenvalue weighted by molar-refractivity contribution is 0.141. The molecule has 0 spiro atoms. The van der Waals surface area contributed by atoms with E-state index in [0.29, 0.717) is 18.7 Å². The van der Waals surface area contributed by atoms with Crippen molar-refractivity contribution >= 4 is 15.9 Å².